The zero-order valence-corrected chi connectivity index (χ0v) is 16.6. The van der Waals surface area contributed by atoms with E-state index in [0.717, 1.165) is 0 Å². The second-order valence-corrected chi connectivity index (χ2v) is 6.04. The lowest BCUT2D eigenvalue weighted by atomic mass is 10.1. The number of hydrogen-bond donors (Lipinski definition) is 2. The molecule has 9 heteroatoms. The number of aliphatic imine (C=N–C) groups is 1. The maximum Gasteiger partial charge on any atom is 0.387 e. The number of nitrogens with zero attached hydrogens (tertiary/aromatic N) is 1. The second kappa shape index (κ2) is 10.4. The number of rotatable bonds is 8. The number of guanidine groups is 1. The summed E-state index contributed by atoms with van der Waals surface area (Å²) < 4.78 is 53.8. The normalized spacial score (nSPS) is 12.5. The number of ether oxygens (including phenoxy) is 3. The number of nitrogens with one attached hydrogen (secondary N) is 2. The molecule has 0 saturated heterocycles. The van der Waals surface area contributed by atoms with Crippen molar-refractivity contribution < 1.29 is 27.4 Å². The molecule has 0 fully saturated rings. The molecule has 0 aliphatic carbocycles. The molecule has 2 aromatic rings. The number of benzene rings is 2. The van der Waals surface area contributed by atoms with Crippen molar-refractivity contribution in [3.05, 3.63) is 53.3 Å². The quantitative estimate of drug-likeness (QED) is 0.510. The van der Waals surface area contributed by atoms with Crippen molar-refractivity contribution in [3.8, 4) is 17.2 Å². The van der Waals surface area contributed by atoms with E-state index in [1.165, 1.54) is 26.4 Å². The van der Waals surface area contributed by atoms with Gasteiger partial charge in [-0.2, -0.15) is 8.78 Å². The molecular weight excluding hydrogens is 387 g/mol. The zero-order chi connectivity index (χ0) is 21.4. The molecule has 0 saturated carbocycles. The highest BCUT2D eigenvalue weighted by molar-refractivity contribution is 5.80. The lowest BCUT2D eigenvalue weighted by Gasteiger charge is -2.19. The third kappa shape index (κ3) is 6.20. The summed E-state index contributed by atoms with van der Waals surface area (Å²) in [6.45, 7) is -0.939. The van der Waals surface area contributed by atoms with E-state index in [9.17, 15) is 13.2 Å². The van der Waals surface area contributed by atoms with Crippen LogP contribution >= 0.6 is 0 Å². The molecule has 29 heavy (non-hydrogen) atoms. The van der Waals surface area contributed by atoms with E-state index in [4.69, 9.17) is 9.47 Å². The van der Waals surface area contributed by atoms with Crippen molar-refractivity contribution in [2.45, 2.75) is 26.1 Å². The van der Waals surface area contributed by atoms with Gasteiger partial charge in [0.05, 0.1) is 20.3 Å². The van der Waals surface area contributed by atoms with Crippen molar-refractivity contribution in [1.29, 1.82) is 0 Å². The molecule has 6 nitrogen and oxygen atoms in total. The summed E-state index contributed by atoms with van der Waals surface area (Å²) in [6.07, 6.45) is 0. The van der Waals surface area contributed by atoms with Gasteiger partial charge in [0.1, 0.15) is 11.5 Å². The third-order valence-corrected chi connectivity index (χ3v) is 4.19. The van der Waals surface area contributed by atoms with Gasteiger partial charge in [0.25, 0.3) is 0 Å². The number of alkyl halides is 2. The van der Waals surface area contributed by atoms with Crippen molar-refractivity contribution >= 4 is 5.96 Å². The average Bonchev–Trinajstić information content (AvgIpc) is 2.70. The number of halogens is 3. The average molecular weight is 411 g/mol. The van der Waals surface area contributed by atoms with Gasteiger partial charge < -0.3 is 24.8 Å². The highest BCUT2D eigenvalue weighted by atomic mass is 19.3. The minimum absolute atomic E-state index is 0.00702. The molecule has 158 valence electrons. The lowest BCUT2D eigenvalue weighted by molar-refractivity contribution is -0.0505. The zero-order valence-electron chi connectivity index (χ0n) is 16.6. The number of hydrogen-bond acceptors (Lipinski definition) is 4. The summed E-state index contributed by atoms with van der Waals surface area (Å²) in [5, 5.41) is 6.15. The Kier molecular flexibility index (Phi) is 7.99. The lowest BCUT2D eigenvalue weighted by Crippen LogP contribution is -2.38. The first-order valence-electron chi connectivity index (χ1n) is 8.80. The fourth-order valence-corrected chi connectivity index (χ4v) is 2.63. The Labute approximate surface area is 167 Å². The standard InChI is InChI=1S/C20H24F3N3O3/c1-12(13-6-8-17(28-4)16(21)9-13)26-20(24-2)25-11-14-5-7-15(27-3)10-18(14)29-19(22)23/h5-10,12,19H,11H2,1-4H3,(H2,24,25,26). The van der Waals surface area contributed by atoms with Gasteiger partial charge in [-0.1, -0.05) is 6.07 Å². The van der Waals surface area contributed by atoms with Crippen LogP contribution in [0.25, 0.3) is 0 Å². The Bertz CT molecular complexity index is 847. The van der Waals surface area contributed by atoms with Gasteiger partial charge in [0.15, 0.2) is 17.5 Å². The van der Waals surface area contributed by atoms with E-state index in [-0.39, 0.29) is 24.1 Å². The van der Waals surface area contributed by atoms with Crippen LogP contribution in [0.2, 0.25) is 0 Å². The van der Waals surface area contributed by atoms with Crippen LogP contribution in [-0.4, -0.2) is 33.8 Å². The van der Waals surface area contributed by atoms with E-state index in [2.05, 4.69) is 20.4 Å². The molecular formula is C20H24F3N3O3. The van der Waals surface area contributed by atoms with E-state index in [0.29, 0.717) is 22.8 Å². The number of methoxy groups -OCH3 is 2. The van der Waals surface area contributed by atoms with Gasteiger partial charge in [-0.05, 0) is 36.8 Å². The molecule has 0 bridgehead atoms. The molecule has 0 amide bonds. The molecule has 0 aromatic heterocycles. The van der Waals surface area contributed by atoms with Gasteiger partial charge in [-0.3, -0.25) is 4.99 Å². The van der Waals surface area contributed by atoms with E-state index in [1.54, 1.807) is 31.3 Å². The molecule has 0 aliphatic rings. The Morgan fingerprint density at radius 1 is 1.07 bits per heavy atom. The fraction of sp³-hybridized carbons (Fsp3) is 0.350. The second-order valence-electron chi connectivity index (χ2n) is 6.04. The topological polar surface area (TPSA) is 64.1 Å². The third-order valence-electron chi connectivity index (χ3n) is 4.19. The summed E-state index contributed by atoms with van der Waals surface area (Å²) in [5.41, 5.74) is 1.19. The Morgan fingerprint density at radius 3 is 2.41 bits per heavy atom. The smallest absolute Gasteiger partial charge is 0.387 e. The molecule has 0 radical (unpaired) electrons. The molecule has 2 N–H and O–H groups in total. The van der Waals surface area contributed by atoms with Crippen LogP contribution in [0.1, 0.15) is 24.1 Å². The first kappa shape index (κ1) is 22.2. The van der Waals surface area contributed by atoms with Crippen LogP contribution in [0.15, 0.2) is 41.4 Å². The van der Waals surface area contributed by atoms with E-state index < -0.39 is 12.4 Å². The SMILES string of the molecule is CN=C(NCc1ccc(OC)cc1OC(F)F)NC(C)c1ccc(OC)c(F)c1. The Hall–Kier alpha value is -3.10. The predicted molar refractivity (Wildman–Crippen MR) is 104 cm³/mol. The van der Waals surface area contributed by atoms with Crippen LogP contribution in [0.3, 0.4) is 0 Å². The first-order valence-corrected chi connectivity index (χ1v) is 8.80. The largest absolute Gasteiger partial charge is 0.497 e. The molecule has 2 rings (SSSR count). The molecule has 2 aromatic carbocycles. The molecule has 0 aliphatic heterocycles. The minimum atomic E-state index is -2.96. The van der Waals surface area contributed by atoms with E-state index >= 15 is 0 Å². The maximum absolute atomic E-state index is 13.9. The molecule has 0 spiro atoms. The molecule has 0 heterocycles. The Balaban J connectivity index is 2.06. The monoisotopic (exact) mass is 411 g/mol. The van der Waals surface area contributed by atoms with Crippen molar-refractivity contribution in [1.82, 2.24) is 10.6 Å². The van der Waals surface area contributed by atoms with Gasteiger partial charge in [0, 0.05) is 25.2 Å². The molecule has 1 atom stereocenters. The van der Waals surface area contributed by atoms with E-state index in [1.807, 2.05) is 6.92 Å². The fourth-order valence-electron chi connectivity index (χ4n) is 2.63. The summed E-state index contributed by atoms with van der Waals surface area (Å²) >= 11 is 0. The minimum Gasteiger partial charge on any atom is -0.497 e. The van der Waals surface area contributed by atoms with Gasteiger partial charge >= 0.3 is 6.61 Å². The summed E-state index contributed by atoms with van der Waals surface area (Å²) in [4.78, 5) is 4.11. The summed E-state index contributed by atoms with van der Waals surface area (Å²) in [5.74, 6) is 0.519. The summed E-state index contributed by atoms with van der Waals surface area (Å²) in [6, 6.07) is 9.06. The van der Waals surface area contributed by atoms with Crippen LogP contribution in [-0.2, 0) is 6.54 Å². The van der Waals surface area contributed by atoms with Gasteiger partial charge in [0.2, 0.25) is 0 Å². The van der Waals surface area contributed by atoms with Crippen LogP contribution < -0.4 is 24.8 Å². The van der Waals surface area contributed by atoms with Crippen LogP contribution in [0.4, 0.5) is 13.2 Å². The Morgan fingerprint density at radius 2 is 1.83 bits per heavy atom. The highest BCUT2D eigenvalue weighted by Crippen LogP contribution is 2.26. The maximum atomic E-state index is 13.9. The van der Waals surface area contributed by atoms with Crippen molar-refractivity contribution in [2.24, 2.45) is 4.99 Å². The van der Waals surface area contributed by atoms with Gasteiger partial charge in [-0.15, -0.1) is 0 Å². The first-order chi connectivity index (χ1) is 13.9. The van der Waals surface area contributed by atoms with Crippen LogP contribution in [0, 0.1) is 5.82 Å². The highest BCUT2D eigenvalue weighted by Gasteiger charge is 2.14. The van der Waals surface area contributed by atoms with Crippen molar-refractivity contribution in [2.75, 3.05) is 21.3 Å². The summed E-state index contributed by atoms with van der Waals surface area (Å²) in [7, 11) is 4.41. The van der Waals surface area contributed by atoms with Gasteiger partial charge in [-0.25, -0.2) is 4.39 Å². The van der Waals surface area contributed by atoms with Crippen molar-refractivity contribution in [3.63, 3.8) is 0 Å². The predicted octanol–water partition coefficient (Wildman–Crippen LogP) is 3.87. The molecule has 1 unspecified atom stereocenters. The van der Waals surface area contributed by atoms with Crippen LogP contribution in [0.5, 0.6) is 17.2 Å².